The topological polar surface area (TPSA) is 46.5 Å². The lowest BCUT2D eigenvalue weighted by molar-refractivity contribution is -0.137. The van der Waals surface area contributed by atoms with Gasteiger partial charge >= 0.3 is 5.97 Å². The standard InChI is InChI=1S/C17H26O3/c1-5-9-20-16-8-7-14(10-15(16)12(3)4)13(6-2)11-17(18)19/h7-8,10,12-13H,5-6,9,11H2,1-4H3,(H,18,19). The maximum Gasteiger partial charge on any atom is 0.303 e. The van der Waals surface area contributed by atoms with E-state index in [0.29, 0.717) is 12.5 Å². The summed E-state index contributed by atoms with van der Waals surface area (Å²) in [6.45, 7) is 9.10. The summed E-state index contributed by atoms with van der Waals surface area (Å²) in [5, 5.41) is 9.00. The molecule has 0 aliphatic heterocycles. The van der Waals surface area contributed by atoms with E-state index in [2.05, 4.69) is 26.8 Å². The Kier molecular flexibility index (Phi) is 6.56. The molecule has 1 aromatic carbocycles. The quantitative estimate of drug-likeness (QED) is 0.757. The van der Waals surface area contributed by atoms with E-state index in [-0.39, 0.29) is 12.3 Å². The lowest BCUT2D eigenvalue weighted by atomic mass is 9.89. The van der Waals surface area contributed by atoms with Crippen molar-refractivity contribution in [1.29, 1.82) is 0 Å². The third-order valence-corrected chi connectivity index (χ3v) is 3.50. The third kappa shape index (κ3) is 4.55. The van der Waals surface area contributed by atoms with Gasteiger partial charge in [0.2, 0.25) is 0 Å². The van der Waals surface area contributed by atoms with E-state index in [1.165, 1.54) is 5.56 Å². The fourth-order valence-corrected chi connectivity index (χ4v) is 2.32. The van der Waals surface area contributed by atoms with Gasteiger partial charge in [0.15, 0.2) is 0 Å². The highest BCUT2D eigenvalue weighted by Crippen LogP contribution is 2.32. The van der Waals surface area contributed by atoms with Crippen molar-refractivity contribution < 1.29 is 14.6 Å². The van der Waals surface area contributed by atoms with Gasteiger partial charge in [-0.3, -0.25) is 4.79 Å². The Balaban J connectivity index is 3.04. The van der Waals surface area contributed by atoms with E-state index in [1.54, 1.807) is 0 Å². The number of carboxylic acid groups (broad SMARTS) is 1. The highest BCUT2D eigenvalue weighted by molar-refractivity contribution is 5.68. The summed E-state index contributed by atoms with van der Waals surface area (Å²) in [6, 6.07) is 6.12. The van der Waals surface area contributed by atoms with Crippen LogP contribution in [-0.2, 0) is 4.79 Å². The predicted molar refractivity (Wildman–Crippen MR) is 81.6 cm³/mol. The number of carboxylic acids is 1. The van der Waals surface area contributed by atoms with Crippen molar-refractivity contribution in [2.75, 3.05) is 6.61 Å². The summed E-state index contributed by atoms with van der Waals surface area (Å²) in [5.41, 5.74) is 2.27. The molecule has 20 heavy (non-hydrogen) atoms. The molecule has 0 radical (unpaired) electrons. The highest BCUT2D eigenvalue weighted by Gasteiger charge is 2.16. The molecular formula is C17H26O3. The second kappa shape index (κ2) is 7.93. The van der Waals surface area contributed by atoms with E-state index < -0.39 is 5.97 Å². The summed E-state index contributed by atoms with van der Waals surface area (Å²) >= 11 is 0. The van der Waals surface area contributed by atoms with Gasteiger partial charge in [-0.15, -0.1) is 0 Å². The summed E-state index contributed by atoms with van der Waals surface area (Å²) in [5.74, 6) is 0.624. The van der Waals surface area contributed by atoms with Gasteiger partial charge in [0, 0.05) is 0 Å². The van der Waals surface area contributed by atoms with E-state index in [1.807, 2.05) is 19.1 Å². The van der Waals surface area contributed by atoms with Crippen LogP contribution in [0.2, 0.25) is 0 Å². The molecule has 0 spiro atoms. The molecular weight excluding hydrogens is 252 g/mol. The lowest BCUT2D eigenvalue weighted by Gasteiger charge is -2.19. The van der Waals surface area contributed by atoms with Crippen LogP contribution in [0.5, 0.6) is 5.75 Å². The maximum absolute atomic E-state index is 10.9. The first-order chi connectivity index (χ1) is 9.49. The number of ether oxygens (including phenoxy) is 1. The monoisotopic (exact) mass is 278 g/mol. The van der Waals surface area contributed by atoms with Gasteiger partial charge in [-0.05, 0) is 41.9 Å². The zero-order valence-corrected chi connectivity index (χ0v) is 13.0. The summed E-state index contributed by atoms with van der Waals surface area (Å²) < 4.78 is 5.78. The molecule has 0 amide bonds. The lowest BCUT2D eigenvalue weighted by Crippen LogP contribution is -2.07. The van der Waals surface area contributed by atoms with E-state index in [0.717, 1.165) is 24.2 Å². The van der Waals surface area contributed by atoms with Gasteiger partial charge in [0.1, 0.15) is 5.75 Å². The molecule has 0 aromatic heterocycles. The van der Waals surface area contributed by atoms with Gasteiger partial charge in [0.05, 0.1) is 13.0 Å². The Hall–Kier alpha value is -1.51. The largest absolute Gasteiger partial charge is 0.493 e. The number of hydrogen-bond donors (Lipinski definition) is 1. The van der Waals surface area contributed by atoms with Crippen molar-refractivity contribution in [2.45, 2.75) is 58.8 Å². The highest BCUT2D eigenvalue weighted by atomic mass is 16.5. The molecule has 1 rings (SSSR count). The maximum atomic E-state index is 10.9. The van der Waals surface area contributed by atoms with E-state index in [4.69, 9.17) is 9.84 Å². The second-order valence-electron chi connectivity index (χ2n) is 5.50. The normalized spacial score (nSPS) is 12.4. The first-order valence-corrected chi connectivity index (χ1v) is 7.47. The number of carbonyl (C=O) groups is 1. The van der Waals surface area contributed by atoms with Gasteiger partial charge < -0.3 is 9.84 Å². The Bertz CT molecular complexity index is 438. The number of benzene rings is 1. The molecule has 0 aliphatic carbocycles. The van der Waals surface area contributed by atoms with Crippen molar-refractivity contribution in [3.8, 4) is 5.75 Å². The minimum absolute atomic E-state index is 0.0743. The Morgan fingerprint density at radius 2 is 2.00 bits per heavy atom. The number of rotatable bonds is 8. The first-order valence-electron chi connectivity index (χ1n) is 7.47. The fraction of sp³-hybridized carbons (Fsp3) is 0.588. The molecule has 112 valence electrons. The average molecular weight is 278 g/mol. The van der Waals surface area contributed by atoms with E-state index >= 15 is 0 Å². The van der Waals surface area contributed by atoms with Crippen LogP contribution in [0.3, 0.4) is 0 Å². The van der Waals surface area contributed by atoms with Gasteiger partial charge in [0.25, 0.3) is 0 Å². The van der Waals surface area contributed by atoms with Crippen molar-refractivity contribution in [3.05, 3.63) is 29.3 Å². The van der Waals surface area contributed by atoms with Crippen molar-refractivity contribution in [1.82, 2.24) is 0 Å². The minimum atomic E-state index is -0.741. The number of aliphatic carboxylic acids is 1. The molecule has 1 atom stereocenters. The molecule has 0 bridgehead atoms. The molecule has 1 unspecified atom stereocenters. The van der Waals surface area contributed by atoms with Crippen LogP contribution >= 0.6 is 0 Å². The van der Waals surface area contributed by atoms with Crippen LogP contribution < -0.4 is 4.74 Å². The van der Waals surface area contributed by atoms with Crippen LogP contribution in [0.1, 0.15) is 69.9 Å². The average Bonchev–Trinajstić information content (AvgIpc) is 2.42. The zero-order chi connectivity index (χ0) is 15.1. The smallest absolute Gasteiger partial charge is 0.303 e. The molecule has 1 aromatic rings. The molecule has 0 heterocycles. The summed E-state index contributed by atoms with van der Waals surface area (Å²) in [6.07, 6.45) is 2.00. The fourth-order valence-electron chi connectivity index (χ4n) is 2.32. The first kappa shape index (κ1) is 16.5. The van der Waals surface area contributed by atoms with Gasteiger partial charge in [-0.1, -0.05) is 39.8 Å². The summed E-state index contributed by atoms with van der Waals surface area (Å²) in [7, 11) is 0. The third-order valence-electron chi connectivity index (χ3n) is 3.50. The molecule has 1 N–H and O–H groups in total. The molecule has 0 saturated heterocycles. The minimum Gasteiger partial charge on any atom is -0.493 e. The van der Waals surface area contributed by atoms with Crippen molar-refractivity contribution in [3.63, 3.8) is 0 Å². The van der Waals surface area contributed by atoms with Crippen LogP contribution in [0.25, 0.3) is 0 Å². The van der Waals surface area contributed by atoms with Crippen LogP contribution in [0.4, 0.5) is 0 Å². The van der Waals surface area contributed by atoms with Crippen LogP contribution in [0.15, 0.2) is 18.2 Å². The van der Waals surface area contributed by atoms with Gasteiger partial charge in [-0.25, -0.2) is 0 Å². The van der Waals surface area contributed by atoms with Crippen molar-refractivity contribution >= 4 is 5.97 Å². The molecule has 3 heteroatoms. The van der Waals surface area contributed by atoms with E-state index in [9.17, 15) is 4.79 Å². The number of hydrogen-bond acceptors (Lipinski definition) is 2. The zero-order valence-electron chi connectivity index (χ0n) is 13.0. The van der Waals surface area contributed by atoms with Crippen molar-refractivity contribution in [2.24, 2.45) is 0 Å². The van der Waals surface area contributed by atoms with Gasteiger partial charge in [-0.2, -0.15) is 0 Å². The Morgan fingerprint density at radius 3 is 2.50 bits per heavy atom. The summed E-state index contributed by atoms with van der Waals surface area (Å²) in [4.78, 5) is 10.9. The predicted octanol–water partition coefficient (Wildman–Crippen LogP) is 4.57. The molecule has 0 fully saturated rings. The Labute approximate surface area is 122 Å². The Morgan fingerprint density at radius 1 is 1.30 bits per heavy atom. The van der Waals surface area contributed by atoms with Crippen LogP contribution in [0, 0.1) is 0 Å². The molecule has 3 nitrogen and oxygen atoms in total. The van der Waals surface area contributed by atoms with Crippen LogP contribution in [-0.4, -0.2) is 17.7 Å². The molecule has 0 aliphatic rings. The second-order valence-corrected chi connectivity index (χ2v) is 5.50. The SMILES string of the molecule is CCCOc1ccc(C(CC)CC(=O)O)cc1C(C)C. The molecule has 0 saturated carbocycles.